The van der Waals surface area contributed by atoms with Crippen molar-refractivity contribution in [1.82, 2.24) is 0 Å². The van der Waals surface area contributed by atoms with E-state index in [0.717, 1.165) is 18.0 Å². The Morgan fingerprint density at radius 2 is 1.67 bits per heavy atom. The van der Waals surface area contributed by atoms with E-state index in [1.165, 1.54) is 5.56 Å². The Kier molecular flexibility index (Phi) is 4.24. The van der Waals surface area contributed by atoms with Crippen LogP contribution in [0.15, 0.2) is 54.6 Å². The van der Waals surface area contributed by atoms with Crippen LogP contribution < -0.4 is 10.1 Å². The van der Waals surface area contributed by atoms with Crippen LogP contribution in [0.4, 0.5) is 5.69 Å². The number of hydrogen-bond acceptors (Lipinski definition) is 2. The summed E-state index contributed by atoms with van der Waals surface area (Å²) in [5.74, 6) is 1.38. The van der Waals surface area contributed by atoms with E-state index in [0.29, 0.717) is 5.92 Å². The molecule has 94 valence electrons. The molecule has 0 radical (unpaired) electrons. The topological polar surface area (TPSA) is 21.3 Å². The first-order valence-corrected chi connectivity index (χ1v) is 6.22. The summed E-state index contributed by atoms with van der Waals surface area (Å²) in [7, 11) is 1.68. The number of benzene rings is 2. The van der Waals surface area contributed by atoms with Gasteiger partial charge in [0.05, 0.1) is 7.11 Å². The molecule has 0 aliphatic rings. The fourth-order valence-electron chi connectivity index (χ4n) is 1.88. The van der Waals surface area contributed by atoms with Gasteiger partial charge in [-0.05, 0) is 35.7 Å². The van der Waals surface area contributed by atoms with Crippen molar-refractivity contribution in [2.45, 2.75) is 12.8 Å². The largest absolute Gasteiger partial charge is 0.497 e. The average Bonchev–Trinajstić information content (AvgIpc) is 2.46. The van der Waals surface area contributed by atoms with Gasteiger partial charge in [-0.25, -0.2) is 0 Å². The highest BCUT2D eigenvalue weighted by Crippen LogP contribution is 2.18. The molecule has 0 unspecified atom stereocenters. The summed E-state index contributed by atoms with van der Waals surface area (Å²) >= 11 is 0. The Balaban J connectivity index is 1.91. The minimum Gasteiger partial charge on any atom is -0.497 e. The summed E-state index contributed by atoms with van der Waals surface area (Å²) in [4.78, 5) is 0. The van der Waals surface area contributed by atoms with Gasteiger partial charge in [-0.1, -0.05) is 37.3 Å². The van der Waals surface area contributed by atoms with Gasteiger partial charge in [0.2, 0.25) is 0 Å². The molecular formula is C16H19NO. The van der Waals surface area contributed by atoms with Crippen LogP contribution in [-0.2, 0) is 0 Å². The lowest BCUT2D eigenvalue weighted by molar-refractivity contribution is 0.415. The molecule has 0 saturated carbocycles. The maximum Gasteiger partial charge on any atom is 0.119 e. The highest BCUT2D eigenvalue weighted by Gasteiger charge is 2.04. The molecule has 0 bridgehead atoms. The second kappa shape index (κ2) is 6.10. The van der Waals surface area contributed by atoms with Crippen LogP contribution in [0.5, 0.6) is 5.75 Å². The summed E-state index contributed by atoms with van der Waals surface area (Å²) in [6.45, 7) is 3.15. The molecule has 18 heavy (non-hydrogen) atoms. The van der Waals surface area contributed by atoms with Gasteiger partial charge in [0.15, 0.2) is 0 Å². The molecule has 0 heterocycles. The molecule has 2 nitrogen and oxygen atoms in total. The van der Waals surface area contributed by atoms with Crippen molar-refractivity contribution in [1.29, 1.82) is 0 Å². The third-order valence-corrected chi connectivity index (χ3v) is 3.07. The lowest BCUT2D eigenvalue weighted by Crippen LogP contribution is -2.09. The van der Waals surface area contributed by atoms with Crippen LogP contribution in [0.25, 0.3) is 0 Å². The molecule has 2 aromatic carbocycles. The molecule has 0 amide bonds. The van der Waals surface area contributed by atoms with Gasteiger partial charge in [-0.2, -0.15) is 0 Å². The average molecular weight is 241 g/mol. The SMILES string of the molecule is COc1ccc(NC[C@H](C)c2ccccc2)cc1. The van der Waals surface area contributed by atoms with Gasteiger partial charge in [-0.15, -0.1) is 0 Å². The van der Waals surface area contributed by atoms with E-state index < -0.39 is 0 Å². The molecule has 0 spiro atoms. The fourth-order valence-corrected chi connectivity index (χ4v) is 1.88. The smallest absolute Gasteiger partial charge is 0.119 e. The van der Waals surface area contributed by atoms with E-state index in [2.05, 4.69) is 36.5 Å². The minimum atomic E-state index is 0.494. The molecule has 2 heteroatoms. The third kappa shape index (κ3) is 3.27. The van der Waals surface area contributed by atoms with Gasteiger partial charge >= 0.3 is 0 Å². The summed E-state index contributed by atoms with van der Waals surface area (Å²) in [5, 5.41) is 3.44. The molecular weight excluding hydrogens is 222 g/mol. The fraction of sp³-hybridized carbons (Fsp3) is 0.250. The Hall–Kier alpha value is -1.96. The molecule has 0 aliphatic carbocycles. The standard InChI is InChI=1S/C16H19NO/c1-13(14-6-4-3-5-7-14)12-17-15-8-10-16(18-2)11-9-15/h3-11,13,17H,12H2,1-2H3/t13-/m0/s1. The molecule has 0 fully saturated rings. The number of methoxy groups -OCH3 is 1. The molecule has 2 rings (SSSR count). The maximum atomic E-state index is 5.14. The van der Waals surface area contributed by atoms with Gasteiger partial charge in [-0.3, -0.25) is 0 Å². The normalized spacial score (nSPS) is 11.9. The minimum absolute atomic E-state index is 0.494. The van der Waals surface area contributed by atoms with Crippen LogP contribution in [0.2, 0.25) is 0 Å². The van der Waals surface area contributed by atoms with Crippen LogP contribution in [0.3, 0.4) is 0 Å². The zero-order valence-electron chi connectivity index (χ0n) is 10.9. The van der Waals surface area contributed by atoms with E-state index in [4.69, 9.17) is 4.74 Å². The third-order valence-electron chi connectivity index (χ3n) is 3.07. The number of anilines is 1. The van der Waals surface area contributed by atoms with E-state index in [9.17, 15) is 0 Å². The summed E-state index contributed by atoms with van der Waals surface area (Å²) in [6, 6.07) is 18.6. The van der Waals surface area contributed by atoms with Gasteiger partial charge in [0, 0.05) is 12.2 Å². The van der Waals surface area contributed by atoms with Crippen molar-refractivity contribution in [3.05, 3.63) is 60.2 Å². The van der Waals surface area contributed by atoms with Crippen molar-refractivity contribution in [2.24, 2.45) is 0 Å². The molecule has 1 N–H and O–H groups in total. The second-order valence-corrected chi connectivity index (χ2v) is 4.42. The van der Waals surface area contributed by atoms with Crippen molar-refractivity contribution in [3.8, 4) is 5.75 Å². The van der Waals surface area contributed by atoms with Crippen LogP contribution in [0.1, 0.15) is 18.4 Å². The summed E-state index contributed by atoms with van der Waals surface area (Å²) in [6.07, 6.45) is 0. The van der Waals surface area contributed by atoms with E-state index in [1.807, 2.05) is 30.3 Å². The van der Waals surface area contributed by atoms with E-state index >= 15 is 0 Å². The molecule has 0 aromatic heterocycles. The summed E-state index contributed by atoms with van der Waals surface area (Å²) in [5.41, 5.74) is 2.48. The Morgan fingerprint density at radius 1 is 1.00 bits per heavy atom. The predicted octanol–water partition coefficient (Wildman–Crippen LogP) is 3.91. The maximum absolute atomic E-state index is 5.14. The number of ether oxygens (including phenoxy) is 1. The van der Waals surface area contributed by atoms with E-state index in [1.54, 1.807) is 7.11 Å². The van der Waals surface area contributed by atoms with Crippen LogP contribution in [0, 0.1) is 0 Å². The first-order valence-electron chi connectivity index (χ1n) is 6.22. The predicted molar refractivity (Wildman–Crippen MR) is 76.3 cm³/mol. The first-order chi connectivity index (χ1) is 8.79. The molecule has 2 aromatic rings. The van der Waals surface area contributed by atoms with Crippen molar-refractivity contribution < 1.29 is 4.74 Å². The van der Waals surface area contributed by atoms with E-state index in [-0.39, 0.29) is 0 Å². The molecule has 0 aliphatic heterocycles. The molecule has 1 atom stereocenters. The van der Waals surface area contributed by atoms with Crippen LogP contribution in [-0.4, -0.2) is 13.7 Å². The van der Waals surface area contributed by atoms with Crippen molar-refractivity contribution >= 4 is 5.69 Å². The second-order valence-electron chi connectivity index (χ2n) is 4.42. The number of nitrogens with one attached hydrogen (secondary N) is 1. The van der Waals surface area contributed by atoms with Crippen LogP contribution >= 0.6 is 0 Å². The zero-order chi connectivity index (χ0) is 12.8. The lowest BCUT2D eigenvalue weighted by atomic mass is 10.0. The molecule has 0 saturated heterocycles. The van der Waals surface area contributed by atoms with Gasteiger partial charge in [0.1, 0.15) is 5.75 Å². The Bertz CT molecular complexity index is 464. The van der Waals surface area contributed by atoms with Crippen molar-refractivity contribution in [3.63, 3.8) is 0 Å². The lowest BCUT2D eigenvalue weighted by Gasteiger charge is -2.14. The quantitative estimate of drug-likeness (QED) is 0.857. The number of rotatable bonds is 5. The number of hydrogen-bond donors (Lipinski definition) is 1. The Labute approximate surface area is 109 Å². The van der Waals surface area contributed by atoms with Crippen molar-refractivity contribution in [2.75, 3.05) is 19.0 Å². The monoisotopic (exact) mass is 241 g/mol. The summed E-state index contributed by atoms with van der Waals surface area (Å²) < 4.78 is 5.14. The highest BCUT2D eigenvalue weighted by molar-refractivity contribution is 5.46. The van der Waals surface area contributed by atoms with Gasteiger partial charge in [0.25, 0.3) is 0 Å². The Morgan fingerprint density at radius 3 is 2.28 bits per heavy atom. The highest BCUT2D eigenvalue weighted by atomic mass is 16.5. The first kappa shape index (κ1) is 12.5. The van der Waals surface area contributed by atoms with Gasteiger partial charge < -0.3 is 10.1 Å². The zero-order valence-corrected chi connectivity index (χ0v) is 10.9.